The third-order valence-electron chi connectivity index (χ3n) is 6.00. The maximum atomic E-state index is 11.8. The average molecular weight is 534 g/mol. The van der Waals surface area contributed by atoms with Gasteiger partial charge < -0.3 is 5.11 Å². The van der Waals surface area contributed by atoms with Gasteiger partial charge in [0.05, 0.1) is 5.56 Å². The molecule has 1 nitrogen and oxygen atoms in total. The minimum Gasteiger partial charge on any atom is -0.373 e. The zero-order valence-electron chi connectivity index (χ0n) is 17.5. The van der Waals surface area contributed by atoms with Gasteiger partial charge in [0.25, 0.3) is 0 Å². The van der Waals surface area contributed by atoms with E-state index in [1.54, 1.807) is 0 Å². The SMILES string of the molecule is CC1(C)CCc2ccccc2C1(O)C#Cc1ccccc1C#Cc1c(Br)cccc1Br. The second-order valence-corrected chi connectivity index (χ2v) is 10.1. The summed E-state index contributed by atoms with van der Waals surface area (Å²) in [7, 11) is 0. The van der Waals surface area contributed by atoms with Crippen molar-refractivity contribution < 1.29 is 5.11 Å². The Labute approximate surface area is 201 Å². The van der Waals surface area contributed by atoms with Gasteiger partial charge in [-0.05, 0) is 80.1 Å². The molecule has 31 heavy (non-hydrogen) atoms. The molecule has 154 valence electrons. The van der Waals surface area contributed by atoms with Crippen molar-refractivity contribution in [2.45, 2.75) is 32.3 Å². The molecule has 3 aromatic rings. The van der Waals surface area contributed by atoms with Crippen molar-refractivity contribution in [1.29, 1.82) is 0 Å². The van der Waals surface area contributed by atoms with Gasteiger partial charge in [0, 0.05) is 25.5 Å². The van der Waals surface area contributed by atoms with Crippen LogP contribution in [0.3, 0.4) is 0 Å². The fourth-order valence-corrected chi connectivity index (χ4v) is 5.12. The average Bonchev–Trinajstić information content (AvgIpc) is 2.76. The number of aryl methyl sites for hydroxylation is 1. The van der Waals surface area contributed by atoms with Crippen LogP contribution >= 0.6 is 31.9 Å². The van der Waals surface area contributed by atoms with Crippen LogP contribution in [-0.4, -0.2) is 5.11 Å². The summed E-state index contributed by atoms with van der Waals surface area (Å²) in [5.41, 5.74) is 3.06. The molecule has 3 heteroatoms. The largest absolute Gasteiger partial charge is 0.373 e. The number of fused-ring (bicyclic) bond motifs is 1. The minimum absolute atomic E-state index is 0.352. The molecule has 1 unspecified atom stereocenters. The topological polar surface area (TPSA) is 20.2 Å². The lowest BCUT2D eigenvalue weighted by Gasteiger charge is -2.44. The number of hydrogen-bond acceptors (Lipinski definition) is 1. The third-order valence-corrected chi connectivity index (χ3v) is 7.32. The van der Waals surface area contributed by atoms with Crippen molar-refractivity contribution in [3.8, 4) is 23.7 Å². The highest BCUT2D eigenvalue weighted by atomic mass is 79.9. The van der Waals surface area contributed by atoms with Gasteiger partial charge in [0.15, 0.2) is 5.60 Å². The molecule has 1 aliphatic rings. The van der Waals surface area contributed by atoms with Crippen molar-refractivity contribution in [1.82, 2.24) is 0 Å². The van der Waals surface area contributed by atoms with E-state index in [4.69, 9.17) is 0 Å². The molecule has 0 heterocycles. The van der Waals surface area contributed by atoms with Crippen LogP contribution in [0.4, 0.5) is 0 Å². The van der Waals surface area contributed by atoms with Gasteiger partial charge in [0.2, 0.25) is 0 Å². The van der Waals surface area contributed by atoms with Crippen LogP contribution in [0.15, 0.2) is 75.7 Å². The van der Waals surface area contributed by atoms with E-state index in [9.17, 15) is 5.11 Å². The van der Waals surface area contributed by atoms with Crippen LogP contribution in [-0.2, 0) is 12.0 Å². The van der Waals surface area contributed by atoms with Crippen LogP contribution in [0.5, 0.6) is 0 Å². The zero-order valence-corrected chi connectivity index (χ0v) is 20.6. The first-order valence-electron chi connectivity index (χ1n) is 10.2. The van der Waals surface area contributed by atoms with E-state index in [1.165, 1.54) is 5.56 Å². The third kappa shape index (κ3) is 4.24. The van der Waals surface area contributed by atoms with Gasteiger partial charge in [-0.3, -0.25) is 0 Å². The molecule has 1 aliphatic carbocycles. The number of rotatable bonds is 0. The molecule has 1 N–H and O–H groups in total. The second-order valence-electron chi connectivity index (χ2n) is 8.39. The first-order valence-corrected chi connectivity index (χ1v) is 11.8. The summed E-state index contributed by atoms with van der Waals surface area (Å²) in [5.74, 6) is 13.0. The van der Waals surface area contributed by atoms with E-state index >= 15 is 0 Å². The Hall–Kier alpha value is -2.30. The van der Waals surface area contributed by atoms with Crippen molar-refractivity contribution >= 4 is 31.9 Å². The monoisotopic (exact) mass is 532 g/mol. The van der Waals surface area contributed by atoms with E-state index in [-0.39, 0.29) is 5.41 Å². The summed E-state index contributed by atoms with van der Waals surface area (Å²) in [6, 6.07) is 21.8. The first kappa shape index (κ1) is 21.9. The molecule has 0 fully saturated rings. The Bertz CT molecular complexity index is 1250. The Kier molecular flexibility index (Phi) is 6.14. The predicted molar refractivity (Wildman–Crippen MR) is 134 cm³/mol. The number of hydrogen-bond donors (Lipinski definition) is 1. The van der Waals surface area contributed by atoms with E-state index in [0.29, 0.717) is 0 Å². The molecule has 1 atom stereocenters. The smallest absolute Gasteiger partial charge is 0.156 e. The van der Waals surface area contributed by atoms with Crippen molar-refractivity contribution in [3.05, 3.63) is 103 Å². The summed E-state index contributed by atoms with van der Waals surface area (Å²) in [4.78, 5) is 0. The van der Waals surface area contributed by atoms with Gasteiger partial charge in [-0.1, -0.05) is 80.0 Å². The molecule has 3 aromatic carbocycles. The van der Waals surface area contributed by atoms with Crippen LogP contribution < -0.4 is 0 Å². The lowest BCUT2D eigenvalue weighted by molar-refractivity contribution is -0.0337. The van der Waals surface area contributed by atoms with Crippen molar-refractivity contribution in [3.63, 3.8) is 0 Å². The van der Waals surface area contributed by atoms with Crippen LogP contribution in [0.25, 0.3) is 0 Å². The minimum atomic E-state index is -1.21. The highest BCUT2D eigenvalue weighted by Gasteiger charge is 2.47. The van der Waals surface area contributed by atoms with Gasteiger partial charge in [-0.25, -0.2) is 0 Å². The van der Waals surface area contributed by atoms with E-state index < -0.39 is 5.60 Å². The number of halogens is 2. The van der Waals surface area contributed by atoms with Crippen molar-refractivity contribution in [2.75, 3.05) is 0 Å². The molecule has 0 aliphatic heterocycles. The maximum absolute atomic E-state index is 11.8. The van der Waals surface area contributed by atoms with Crippen LogP contribution in [0, 0.1) is 29.1 Å². The molecule has 0 amide bonds. The first-order chi connectivity index (χ1) is 14.8. The fourth-order valence-electron chi connectivity index (χ4n) is 3.93. The van der Waals surface area contributed by atoms with Crippen LogP contribution in [0.1, 0.15) is 48.1 Å². The molecular weight excluding hydrogens is 512 g/mol. The van der Waals surface area contributed by atoms with Gasteiger partial charge in [0.1, 0.15) is 0 Å². The van der Waals surface area contributed by atoms with Gasteiger partial charge >= 0.3 is 0 Å². The van der Waals surface area contributed by atoms with Gasteiger partial charge in [-0.2, -0.15) is 0 Å². The summed E-state index contributed by atoms with van der Waals surface area (Å²) >= 11 is 7.13. The molecule has 0 saturated carbocycles. The van der Waals surface area contributed by atoms with E-state index in [1.807, 2.05) is 60.7 Å². The molecule has 0 saturated heterocycles. The standard InChI is InChI=1S/C28H22Br2O/c1-27(2)18-16-22-10-5-6-11-24(22)28(27,31)19-17-21-9-4-3-8-20(21)14-15-23-25(29)12-7-13-26(23)30/h3-13,31H,16,18H2,1-2H3. The Morgan fingerprint density at radius 3 is 2.10 bits per heavy atom. The summed E-state index contributed by atoms with van der Waals surface area (Å²) in [6.07, 6.45) is 1.84. The maximum Gasteiger partial charge on any atom is 0.156 e. The Balaban J connectivity index is 1.78. The molecule has 0 bridgehead atoms. The number of aliphatic hydroxyl groups is 1. The van der Waals surface area contributed by atoms with Crippen molar-refractivity contribution in [2.24, 2.45) is 5.41 Å². The summed E-state index contributed by atoms with van der Waals surface area (Å²) in [6.45, 7) is 4.18. The molecule has 0 radical (unpaired) electrons. The Morgan fingerprint density at radius 1 is 0.774 bits per heavy atom. The fraction of sp³-hybridized carbons (Fsp3) is 0.214. The quantitative estimate of drug-likeness (QED) is 0.314. The van der Waals surface area contributed by atoms with Gasteiger partial charge in [-0.15, -0.1) is 0 Å². The molecule has 0 aromatic heterocycles. The number of benzene rings is 3. The van der Waals surface area contributed by atoms with E-state index in [2.05, 4.69) is 75.5 Å². The van der Waals surface area contributed by atoms with E-state index in [0.717, 1.165) is 44.0 Å². The second kappa shape index (κ2) is 8.68. The molecular formula is C28H22Br2O. The van der Waals surface area contributed by atoms with Crippen LogP contribution in [0.2, 0.25) is 0 Å². The highest BCUT2D eigenvalue weighted by molar-refractivity contribution is 9.11. The predicted octanol–water partition coefficient (Wildman–Crippen LogP) is 6.82. The normalized spacial score (nSPS) is 18.7. The molecule has 0 spiro atoms. The lowest BCUT2D eigenvalue weighted by atomic mass is 9.63. The lowest BCUT2D eigenvalue weighted by Crippen LogP contribution is -2.44. The summed E-state index contributed by atoms with van der Waals surface area (Å²) < 4.78 is 1.88. The Morgan fingerprint density at radius 2 is 1.39 bits per heavy atom. The zero-order chi connectivity index (χ0) is 22.1. The summed E-state index contributed by atoms with van der Waals surface area (Å²) in [5, 5.41) is 11.8. The highest BCUT2D eigenvalue weighted by Crippen LogP contribution is 2.47. The molecule has 4 rings (SSSR count).